The second kappa shape index (κ2) is 26.4. The second-order valence-electron chi connectivity index (χ2n) is 15.4. The van der Waals surface area contributed by atoms with Gasteiger partial charge in [-0.25, -0.2) is 0 Å². The van der Waals surface area contributed by atoms with E-state index in [0.717, 1.165) is 104 Å². The molecule has 4 aromatic carbocycles. The SMILES string of the molecule is CCc1cc(C(C)=O)ccc1CO.O=C=O.[2H]C([2H])([2H])/C(=N\OCc1ccc(C2CCCCC2)c(C(F)(F)F)c1)c1ccc(CN2CCC2)c(CC)c1.[2H]C([2H])([2H])C(=O)c1ccc(CO)c(CC)c1. The number of aryl methyl sites for hydroxylation is 3. The average Bonchev–Trinajstić information content (AvgIpc) is 3.30. The maximum Gasteiger partial charge on any atom is 0.416 e. The van der Waals surface area contributed by atoms with Crippen LogP contribution in [0.4, 0.5) is 13.2 Å². The van der Waals surface area contributed by atoms with Gasteiger partial charge in [-0.3, -0.25) is 14.5 Å². The van der Waals surface area contributed by atoms with E-state index in [0.29, 0.717) is 28.7 Å². The molecule has 9 nitrogen and oxygen atoms in total. The van der Waals surface area contributed by atoms with Crippen molar-refractivity contribution in [1.29, 1.82) is 0 Å². The lowest BCUT2D eigenvalue weighted by Gasteiger charge is -2.31. The third-order valence-electron chi connectivity index (χ3n) is 11.2. The van der Waals surface area contributed by atoms with Gasteiger partial charge in [0, 0.05) is 25.9 Å². The Bertz CT molecular complexity index is 2390. The number of likely N-dealkylation sites (tertiary alicyclic amines) is 1. The first-order chi connectivity index (χ1) is 32.6. The van der Waals surface area contributed by atoms with Gasteiger partial charge in [0.25, 0.3) is 0 Å². The largest absolute Gasteiger partial charge is 0.416 e. The zero-order valence-electron chi connectivity index (χ0n) is 42.6. The monoisotopic (exact) mass is 878 g/mol. The number of nitrogens with zero attached hydrogens (tertiary/aromatic N) is 2. The molecule has 1 saturated carbocycles. The summed E-state index contributed by atoms with van der Waals surface area (Å²) >= 11 is 0. The van der Waals surface area contributed by atoms with E-state index in [4.69, 9.17) is 32.9 Å². The van der Waals surface area contributed by atoms with Crippen LogP contribution in [0.5, 0.6) is 0 Å². The van der Waals surface area contributed by atoms with Crippen LogP contribution in [0.1, 0.15) is 170 Å². The second-order valence-corrected chi connectivity index (χ2v) is 15.4. The Labute approximate surface area is 378 Å². The highest BCUT2D eigenvalue weighted by atomic mass is 19.4. The molecule has 0 atom stereocenters. The number of oxime groups is 1. The summed E-state index contributed by atoms with van der Waals surface area (Å²) in [6.45, 7) is 4.99. The number of hydrogen-bond donors (Lipinski definition) is 2. The molecule has 1 heterocycles. The van der Waals surface area contributed by atoms with Crippen LogP contribution in [0.3, 0.4) is 0 Å². The van der Waals surface area contributed by atoms with Gasteiger partial charge in [-0.15, -0.1) is 0 Å². The van der Waals surface area contributed by atoms with Gasteiger partial charge in [-0.2, -0.15) is 22.8 Å². The molecule has 0 aromatic heterocycles. The molecule has 2 N–H and O–H groups in total. The van der Waals surface area contributed by atoms with Crippen molar-refractivity contribution in [2.75, 3.05) is 13.1 Å². The lowest BCUT2D eigenvalue weighted by atomic mass is 9.81. The molecule has 340 valence electrons. The lowest BCUT2D eigenvalue weighted by Crippen LogP contribution is -2.36. The molecule has 1 aliphatic carbocycles. The van der Waals surface area contributed by atoms with Crippen molar-refractivity contribution in [3.8, 4) is 0 Å². The molecule has 6 rings (SSSR count). The van der Waals surface area contributed by atoms with Gasteiger partial charge in [0.15, 0.2) is 11.6 Å². The maximum absolute atomic E-state index is 13.9. The minimum atomic E-state index is -4.47. The Hall–Kier alpha value is -5.26. The van der Waals surface area contributed by atoms with E-state index in [1.807, 2.05) is 45.0 Å². The third-order valence-corrected chi connectivity index (χ3v) is 11.2. The van der Waals surface area contributed by atoms with Crippen molar-refractivity contribution < 1.29 is 55.6 Å². The van der Waals surface area contributed by atoms with Gasteiger partial charge in [-0.1, -0.05) is 93.7 Å². The summed E-state index contributed by atoms with van der Waals surface area (Å²) in [7, 11) is 0. The normalized spacial score (nSPS) is 15.9. The molecular formula is C51H63F3N2O7. The summed E-state index contributed by atoms with van der Waals surface area (Å²) in [6, 6.07) is 19.8. The molecule has 12 heteroatoms. The summed E-state index contributed by atoms with van der Waals surface area (Å²) in [5.41, 5.74) is 6.84. The van der Waals surface area contributed by atoms with Crippen LogP contribution in [-0.4, -0.2) is 51.6 Å². The van der Waals surface area contributed by atoms with Crippen LogP contribution in [-0.2, 0) is 66.2 Å². The highest BCUT2D eigenvalue weighted by Crippen LogP contribution is 2.41. The molecule has 0 spiro atoms. The van der Waals surface area contributed by atoms with Crippen LogP contribution in [0.15, 0.2) is 78.0 Å². The quantitative estimate of drug-likeness (QED) is 0.0727. The molecule has 1 saturated heterocycles. The summed E-state index contributed by atoms with van der Waals surface area (Å²) < 4.78 is 86.6. The summed E-state index contributed by atoms with van der Waals surface area (Å²) in [4.78, 5) is 46.5. The number of benzene rings is 4. The van der Waals surface area contributed by atoms with Crippen molar-refractivity contribution >= 4 is 23.4 Å². The van der Waals surface area contributed by atoms with Gasteiger partial charge in [0.2, 0.25) is 0 Å². The molecule has 1 aliphatic heterocycles. The first-order valence-corrected chi connectivity index (χ1v) is 21.3. The molecule has 0 unspecified atom stereocenters. The Morgan fingerprint density at radius 2 is 1.25 bits per heavy atom. The molecule has 2 fully saturated rings. The fraction of sp³-hybridized carbons (Fsp3) is 0.451. The van der Waals surface area contributed by atoms with Crippen molar-refractivity contribution in [3.63, 3.8) is 0 Å². The number of aliphatic hydroxyl groups excluding tert-OH is 2. The van der Waals surface area contributed by atoms with Gasteiger partial charge in [0.05, 0.1) is 24.5 Å². The fourth-order valence-electron chi connectivity index (χ4n) is 7.55. The first kappa shape index (κ1) is 43.0. The Balaban J connectivity index is 0.000000322. The predicted octanol–water partition coefficient (Wildman–Crippen LogP) is 10.8. The maximum atomic E-state index is 13.9. The number of rotatable bonds is 14. The number of ketones is 2. The Morgan fingerprint density at radius 3 is 1.73 bits per heavy atom. The standard InChI is InChI=1S/C28H35F3N2O.2C11H14O2.CO2/c1-3-22-17-24(11-12-25(22)18-33-14-7-15-33)20(2)32-34-19-21-10-13-26(23-8-5-4-6-9-23)27(16-21)28(29,30)31;2*1-3-9-6-10(8(2)13)4-5-11(9)7-12;2-1-3/h10-13,16-17,23H,3-9,14-15,18-19H2,1-2H3;2*4-6,12H,3,7H2,1-2H3;/b32-20+;;;/i2*2D3;;. The number of alkyl halides is 3. The Kier molecular flexibility index (Phi) is 18.0. The first-order valence-electron chi connectivity index (χ1n) is 24.3. The smallest absolute Gasteiger partial charge is 0.392 e. The van der Waals surface area contributed by atoms with Gasteiger partial charge in [-0.05, 0) is 152 Å². The van der Waals surface area contributed by atoms with E-state index >= 15 is 0 Å². The van der Waals surface area contributed by atoms with Gasteiger partial charge < -0.3 is 15.1 Å². The molecule has 4 aromatic rings. The van der Waals surface area contributed by atoms with Crippen LogP contribution in [0.25, 0.3) is 0 Å². The number of carbonyl (C=O) groups is 2. The summed E-state index contributed by atoms with van der Waals surface area (Å²) in [6.07, 6.45) is 3.70. The van der Waals surface area contributed by atoms with Crippen molar-refractivity contribution in [1.82, 2.24) is 4.90 Å². The van der Waals surface area contributed by atoms with E-state index in [1.165, 1.54) is 12.5 Å². The van der Waals surface area contributed by atoms with Crippen LogP contribution in [0, 0.1) is 0 Å². The minimum absolute atomic E-state index is 0.0430. The lowest BCUT2D eigenvalue weighted by molar-refractivity contribution is -0.191. The zero-order valence-corrected chi connectivity index (χ0v) is 36.6. The van der Waals surface area contributed by atoms with Gasteiger partial charge in [0.1, 0.15) is 6.61 Å². The molecule has 0 bridgehead atoms. The number of aliphatic hydroxyl groups is 2. The van der Waals surface area contributed by atoms with Crippen LogP contribution < -0.4 is 0 Å². The van der Waals surface area contributed by atoms with Crippen molar-refractivity contribution in [3.05, 3.63) is 140 Å². The highest BCUT2D eigenvalue weighted by molar-refractivity contribution is 5.98. The predicted molar refractivity (Wildman–Crippen MR) is 238 cm³/mol. The van der Waals surface area contributed by atoms with Crippen LogP contribution >= 0.6 is 0 Å². The van der Waals surface area contributed by atoms with Crippen molar-refractivity contribution in [2.24, 2.45) is 5.16 Å². The summed E-state index contributed by atoms with van der Waals surface area (Å²) in [5.74, 6) is -0.872. The third kappa shape index (κ3) is 16.1. The number of hydrogen-bond acceptors (Lipinski definition) is 9. The van der Waals surface area contributed by atoms with Crippen LogP contribution in [0.2, 0.25) is 0 Å². The zero-order chi connectivity index (χ0) is 51.5. The highest BCUT2D eigenvalue weighted by Gasteiger charge is 2.36. The molecule has 0 radical (unpaired) electrons. The van der Waals surface area contributed by atoms with E-state index < -0.39 is 31.2 Å². The molecule has 63 heavy (non-hydrogen) atoms. The van der Waals surface area contributed by atoms with E-state index in [-0.39, 0.29) is 48.9 Å². The van der Waals surface area contributed by atoms with Gasteiger partial charge >= 0.3 is 12.3 Å². The number of Topliss-reactive ketones (excluding diaryl/α,β-unsaturated/α-hetero) is 2. The Morgan fingerprint density at radius 1 is 0.730 bits per heavy atom. The van der Waals surface area contributed by atoms with E-state index in [9.17, 15) is 22.8 Å². The number of carbonyl (C=O) groups excluding carboxylic acids is 4. The molecule has 2 aliphatic rings. The van der Waals surface area contributed by atoms with E-state index in [1.54, 1.807) is 43.3 Å². The summed E-state index contributed by atoms with van der Waals surface area (Å²) in [5, 5.41) is 22.0. The molecular weight excluding hydrogens is 810 g/mol. The minimum Gasteiger partial charge on any atom is -0.392 e. The number of halogens is 3. The molecule has 0 amide bonds. The van der Waals surface area contributed by atoms with Crippen molar-refractivity contribution in [2.45, 2.75) is 138 Å². The average molecular weight is 879 g/mol. The van der Waals surface area contributed by atoms with E-state index in [2.05, 4.69) is 10.1 Å². The fourth-order valence-corrected chi connectivity index (χ4v) is 7.55. The topological polar surface area (TPSA) is 134 Å².